The number of carbonyl (C=O) groups excluding carboxylic acids is 2. The first-order valence-electron chi connectivity index (χ1n) is 9.43. The molecule has 2 aromatic rings. The van der Waals surface area contributed by atoms with Gasteiger partial charge in [-0.05, 0) is 48.0 Å². The number of carbonyl (C=O) groups is 2. The molecular formula is C21H15FN4O6S2. The molecule has 0 radical (unpaired) electrons. The highest BCUT2D eigenvalue weighted by molar-refractivity contribution is 8.16. The largest absolute Gasteiger partial charge is 0.493 e. The summed E-state index contributed by atoms with van der Waals surface area (Å²) in [6.07, 6.45) is 2.28. The molecule has 4 rings (SSSR count). The Kier molecular flexibility index (Phi) is 6.06. The van der Waals surface area contributed by atoms with E-state index in [4.69, 9.17) is 14.9 Å². The van der Waals surface area contributed by atoms with Crippen molar-refractivity contribution >= 4 is 55.9 Å². The third kappa shape index (κ3) is 4.47. The van der Waals surface area contributed by atoms with Gasteiger partial charge in [0.25, 0.3) is 5.91 Å². The minimum Gasteiger partial charge on any atom is -0.493 e. The number of fused-ring (bicyclic) bond motifs is 1. The van der Waals surface area contributed by atoms with Crippen molar-refractivity contribution in [3.05, 3.63) is 65.0 Å². The zero-order valence-corrected chi connectivity index (χ0v) is 19.2. The molecule has 0 aliphatic carbocycles. The Labute approximate surface area is 197 Å². The summed E-state index contributed by atoms with van der Waals surface area (Å²) < 4.78 is 51.5. The number of ether oxygens (including phenoxy) is 2. The van der Waals surface area contributed by atoms with E-state index in [0.29, 0.717) is 17.5 Å². The Morgan fingerprint density at radius 3 is 2.53 bits per heavy atom. The number of halogens is 1. The normalized spacial score (nSPS) is 16.8. The summed E-state index contributed by atoms with van der Waals surface area (Å²) in [4.78, 5) is 29.6. The maximum absolute atomic E-state index is 13.1. The number of amides is 1. The molecule has 2 aromatic carbocycles. The highest BCUT2D eigenvalue weighted by Gasteiger charge is 2.41. The molecule has 34 heavy (non-hydrogen) atoms. The molecule has 0 aromatic heterocycles. The predicted molar refractivity (Wildman–Crippen MR) is 124 cm³/mol. The van der Waals surface area contributed by atoms with Crippen LogP contribution in [0.4, 0.5) is 4.39 Å². The first-order valence-corrected chi connectivity index (χ1v) is 12.1. The average Bonchev–Trinajstić information content (AvgIpc) is 3.22. The second kappa shape index (κ2) is 8.83. The summed E-state index contributed by atoms with van der Waals surface area (Å²) in [6, 6.07) is 9.22. The Morgan fingerprint density at radius 1 is 1.18 bits per heavy atom. The van der Waals surface area contributed by atoms with E-state index in [0.717, 1.165) is 23.3 Å². The third-order valence-corrected chi connectivity index (χ3v) is 6.36. The van der Waals surface area contributed by atoms with Gasteiger partial charge in [-0.1, -0.05) is 6.07 Å². The Bertz CT molecular complexity index is 1430. The summed E-state index contributed by atoms with van der Waals surface area (Å²) in [7, 11) is -2.42. The van der Waals surface area contributed by atoms with E-state index in [9.17, 15) is 22.4 Å². The van der Waals surface area contributed by atoms with Crippen molar-refractivity contribution in [2.24, 2.45) is 9.39 Å². The first-order chi connectivity index (χ1) is 16.1. The zero-order valence-electron chi connectivity index (χ0n) is 17.6. The fourth-order valence-corrected chi connectivity index (χ4v) is 4.85. The summed E-state index contributed by atoms with van der Waals surface area (Å²) in [6.45, 7) is 0. The lowest BCUT2D eigenvalue weighted by atomic mass is 10.1. The molecule has 174 valence electrons. The highest BCUT2D eigenvalue weighted by Crippen LogP contribution is 2.32. The van der Waals surface area contributed by atoms with Crippen LogP contribution < -0.4 is 9.47 Å². The number of aliphatic imine (C=N–C) groups is 1. The van der Waals surface area contributed by atoms with Crippen molar-refractivity contribution in [1.29, 1.82) is 5.41 Å². The van der Waals surface area contributed by atoms with Gasteiger partial charge in [0.15, 0.2) is 11.5 Å². The molecule has 2 aliphatic rings. The molecule has 0 bridgehead atoms. The van der Waals surface area contributed by atoms with Gasteiger partial charge in [0.1, 0.15) is 11.7 Å². The average molecular weight is 503 g/mol. The van der Waals surface area contributed by atoms with E-state index in [1.54, 1.807) is 0 Å². The molecule has 0 atom stereocenters. The summed E-state index contributed by atoms with van der Waals surface area (Å²) in [5.41, 5.74) is 0.368. The number of hydrogen-bond acceptors (Lipinski definition) is 9. The van der Waals surface area contributed by atoms with E-state index in [1.165, 1.54) is 43.5 Å². The van der Waals surface area contributed by atoms with Gasteiger partial charge >= 0.3 is 5.97 Å². The van der Waals surface area contributed by atoms with Crippen LogP contribution in [0.1, 0.15) is 15.9 Å². The van der Waals surface area contributed by atoms with Crippen LogP contribution in [-0.4, -0.2) is 54.7 Å². The van der Waals surface area contributed by atoms with Crippen LogP contribution in [-0.2, 0) is 14.6 Å². The van der Waals surface area contributed by atoms with Gasteiger partial charge in [0, 0.05) is 6.26 Å². The standard InChI is InChI=1S/C21H15FN4O6S2/c1-31-16-10-11(3-8-15(16)32-19(28)12-4-6-13(22)7-5-12)9-14-17(23)26-20(24-18(14)27)33-25-21(26)34(2,29)30/h3-10,23H,1-2H3/b14-9-,23-17?. The number of methoxy groups -OCH3 is 1. The first kappa shape index (κ1) is 23.3. The lowest BCUT2D eigenvalue weighted by molar-refractivity contribution is -0.114. The summed E-state index contributed by atoms with van der Waals surface area (Å²) in [5.74, 6) is -2.12. The number of amidine groups is 3. The summed E-state index contributed by atoms with van der Waals surface area (Å²) in [5, 5.41) is 7.97. The number of nitrogens with zero attached hydrogens (tertiary/aromatic N) is 3. The fourth-order valence-electron chi connectivity index (χ4n) is 3.01. The molecule has 0 fully saturated rings. The lowest BCUT2D eigenvalue weighted by Crippen LogP contribution is -2.45. The monoisotopic (exact) mass is 502 g/mol. The Hall–Kier alpha value is -3.84. The van der Waals surface area contributed by atoms with Gasteiger partial charge in [-0.15, -0.1) is 0 Å². The topological polar surface area (TPSA) is 139 Å². The molecule has 2 aliphatic heterocycles. The lowest BCUT2D eigenvalue weighted by Gasteiger charge is -2.23. The number of rotatable bonds is 4. The highest BCUT2D eigenvalue weighted by atomic mass is 32.2. The van der Waals surface area contributed by atoms with Crippen molar-refractivity contribution in [3.8, 4) is 11.5 Å². The van der Waals surface area contributed by atoms with Crippen LogP contribution in [0.2, 0.25) is 0 Å². The van der Waals surface area contributed by atoms with Crippen LogP contribution in [0.3, 0.4) is 0 Å². The molecule has 1 amide bonds. The number of hydrogen-bond donors (Lipinski definition) is 1. The van der Waals surface area contributed by atoms with Gasteiger partial charge in [0.05, 0.1) is 30.2 Å². The van der Waals surface area contributed by atoms with Crippen LogP contribution in [0, 0.1) is 11.2 Å². The molecular weight excluding hydrogens is 487 g/mol. The fraction of sp³-hybridized carbons (Fsp3) is 0.0952. The van der Waals surface area contributed by atoms with Crippen LogP contribution in [0.25, 0.3) is 6.08 Å². The van der Waals surface area contributed by atoms with Crippen molar-refractivity contribution in [2.75, 3.05) is 13.4 Å². The molecule has 10 nitrogen and oxygen atoms in total. The van der Waals surface area contributed by atoms with Gasteiger partial charge in [0.2, 0.25) is 20.2 Å². The maximum atomic E-state index is 13.1. The second-order valence-corrected chi connectivity index (χ2v) is 9.63. The maximum Gasteiger partial charge on any atom is 0.343 e. The van der Waals surface area contributed by atoms with Crippen molar-refractivity contribution in [2.45, 2.75) is 0 Å². The van der Waals surface area contributed by atoms with Crippen LogP contribution >= 0.6 is 11.9 Å². The number of esters is 1. The Balaban J connectivity index is 1.63. The smallest absolute Gasteiger partial charge is 0.343 e. The SMILES string of the molecule is COc1cc(/C=C2/C(=N)N3C(=NC2=O)SN=C3S(C)(=O)=O)ccc1OC(=O)c1ccc(F)cc1. The third-order valence-electron chi connectivity index (χ3n) is 4.61. The van der Waals surface area contributed by atoms with Gasteiger partial charge in [-0.3, -0.25) is 10.2 Å². The van der Waals surface area contributed by atoms with Gasteiger partial charge in [-0.2, -0.15) is 9.39 Å². The van der Waals surface area contributed by atoms with Crippen molar-refractivity contribution < 1.29 is 31.9 Å². The molecule has 2 heterocycles. The van der Waals surface area contributed by atoms with Crippen molar-refractivity contribution in [3.63, 3.8) is 0 Å². The van der Waals surface area contributed by atoms with Crippen molar-refractivity contribution in [1.82, 2.24) is 4.90 Å². The molecule has 0 unspecified atom stereocenters. The zero-order chi connectivity index (χ0) is 24.6. The minimum absolute atomic E-state index is 0.0202. The molecule has 0 spiro atoms. The van der Waals surface area contributed by atoms with E-state index in [2.05, 4.69) is 9.39 Å². The summed E-state index contributed by atoms with van der Waals surface area (Å²) >= 11 is 0.696. The van der Waals surface area contributed by atoms with E-state index < -0.39 is 33.4 Å². The van der Waals surface area contributed by atoms with E-state index in [-0.39, 0.29) is 33.0 Å². The molecule has 1 N–H and O–H groups in total. The molecule has 0 saturated heterocycles. The predicted octanol–water partition coefficient (Wildman–Crippen LogP) is 2.67. The quantitative estimate of drug-likeness (QED) is 0.291. The molecule has 13 heteroatoms. The van der Waals surface area contributed by atoms with Crippen LogP contribution in [0.5, 0.6) is 11.5 Å². The Morgan fingerprint density at radius 2 is 1.88 bits per heavy atom. The van der Waals surface area contributed by atoms with Gasteiger partial charge < -0.3 is 9.47 Å². The number of sulfone groups is 1. The second-order valence-electron chi connectivity index (χ2n) is 6.99. The minimum atomic E-state index is -3.77. The van der Waals surface area contributed by atoms with Crippen LogP contribution in [0.15, 0.2) is 57.4 Å². The number of benzene rings is 2. The van der Waals surface area contributed by atoms with E-state index >= 15 is 0 Å². The molecule has 0 saturated carbocycles. The number of nitrogens with one attached hydrogen (secondary N) is 1. The van der Waals surface area contributed by atoms with Gasteiger partial charge in [-0.25, -0.2) is 22.5 Å². The van der Waals surface area contributed by atoms with E-state index in [1.807, 2.05) is 0 Å².